The second-order valence-corrected chi connectivity index (χ2v) is 6.03. The Kier molecular flexibility index (Phi) is 5.54. The van der Waals surface area contributed by atoms with Crippen molar-refractivity contribution in [1.82, 2.24) is 4.57 Å². The van der Waals surface area contributed by atoms with E-state index < -0.39 is 5.97 Å². The zero-order valence-corrected chi connectivity index (χ0v) is 15.7. The molecule has 142 valence electrons. The molecular formula is C21H23NO5. The lowest BCUT2D eigenvalue weighted by Crippen LogP contribution is -2.11. The molecule has 6 heteroatoms. The van der Waals surface area contributed by atoms with Crippen LogP contribution in [0.1, 0.15) is 23.0 Å². The lowest BCUT2D eigenvalue weighted by Gasteiger charge is -2.12. The zero-order valence-electron chi connectivity index (χ0n) is 15.7. The maximum atomic E-state index is 12.4. The Balaban J connectivity index is 1.90. The van der Waals surface area contributed by atoms with Crippen LogP contribution in [0.5, 0.6) is 17.2 Å². The standard InChI is InChI=1S/C21H23NO5/c1-4-26-21(24)20-14(2)22(17-10-9-15(23)13-16(17)20)11-12-27-19-8-6-5-7-18(19)25-3/h5-10,13,23H,4,11-12H2,1-3H3. The molecule has 2 aromatic carbocycles. The molecule has 3 rings (SSSR count). The number of carbonyl (C=O) groups excluding carboxylic acids is 1. The number of methoxy groups -OCH3 is 1. The highest BCUT2D eigenvalue weighted by atomic mass is 16.5. The molecule has 1 N–H and O–H groups in total. The molecule has 0 aliphatic carbocycles. The number of phenolic OH excluding ortho intramolecular Hbond substituents is 1. The minimum Gasteiger partial charge on any atom is -0.508 e. The summed E-state index contributed by atoms with van der Waals surface area (Å²) < 4.78 is 18.4. The summed E-state index contributed by atoms with van der Waals surface area (Å²) in [6.07, 6.45) is 0. The van der Waals surface area contributed by atoms with Crippen molar-refractivity contribution in [2.45, 2.75) is 20.4 Å². The molecule has 0 saturated carbocycles. The second kappa shape index (κ2) is 8.03. The van der Waals surface area contributed by atoms with Crippen molar-refractivity contribution >= 4 is 16.9 Å². The van der Waals surface area contributed by atoms with E-state index in [9.17, 15) is 9.90 Å². The van der Waals surface area contributed by atoms with Gasteiger partial charge in [-0.2, -0.15) is 0 Å². The van der Waals surface area contributed by atoms with E-state index in [1.165, 1.54) is 0 Å². The van der Waals surface area contributed by atoms with E-state index in [2.05, 4.69) is 0 Å². The van der Waals surface area contributed by atoms with Crippen molar-refractivity contribution in [2.75, 3.05) is 20.3 Å². The van der Waals surface area contributed by atoms with Crippen LogP contribution in [0.4, 0.5) is 0 Å². The lowest BCUT2D eigenvalue weighted by molar-refractivity contribution is 0.0527. The smallest absolute Gasteiger partial charge is 0.340 e. The maximum absolute atomic E-state index is 12.4. The van der Waals surface area contributed by atoms with E-state index in [4.69, 9.17) is 14.2 Å². The van der Waals surface area contributed by atoms with Crippen molar-refractivity contribution < 1.29 is 24.1 Å². The lowest BCUT2D eigenvalue weighted by atomic mass is 10.1. The van der Waals surface area contributed by atoms with E-state index in [1.54, 1.807) is 32.2 Å². The average Bonchev–Trinajstić information content (AvgIpc) is 2.93. The number of rotatable bonds is 7. The van der Waals surface area contributed by atoms with Gasteiger partial charge in [0.1, 0.15) is 12.4 Å². The number of ether oxygens (including phenoxy) is 3. The van der Waals surface area contributed by atoms with Gasteiger partial charge in [0.15, 0.2) is 11.5 Å². The highest BCUT2D eigenvalue weighted by Gasteiger charge is 2.21. The van der Waals surface area contributed by atoms with Gasteiger partial charge in [-0.1, -0.05) is 12.1 Å². The van der Waals surface area contributed by atoms with Gasteiger partial charge in [-0.25, -0.2) is 4.79 Å². The number of fused-ring (bicyclic) bond motifs is 1. The van der Waals surface area contributed by atoms with Gasteiger partial charge < -0.3 is 23.9 Å². The minimum absolute atomic E-state index is 0.107. The molecule has 1 heterocycles. The summed E-state index contributed by atoms with van der Waals surface area (Å²) in [7, 11) is 1.60. The normalized spacial score (nSPS) is 10.8. The average molecular weight is 369 g/mol. The number of hydrogen-bond donors (Lipinski definition) is 1. The van der Waals surface area contributed by atoms with Crippen molar-refractivity contribution in [2.24, 2.45) is 0 Å². The Bertz CT molecular complexity index is 961. The molecule has 0 aliphatic rings. The molecule has 0 fully saturated rings. The zero-order chi connectivity index (χ0) is 19.4. The van der Waals surface area contributed by atoms with Crippen LogP contribution >= 0.6 is 0 Å². The topological polar surface area (TPSA) is 69.9 Å². The fourth-order valence-electron chi connectivity index (χ4n) is 3.20. The Morgan fingerprint density at radius 1 is 1.15 bits per heavy atom. The molecule has 0 unspecified atom stereocenters. The summed E-state index contributed by atoms with van der Waals surface area (Å²) in [5, 5.41) is 10.5. The number of nitrogens with zero attached hydrogens (tertiary/aromatic N) is 1. The van der Waals surface area contributed by atoms with Crippen molar-refractivity contribution in [1.29, 1.82) is 0 Å². The molecule has 27 heavy (non-hydrogen) atoms. The van der Waals surface area contributed by atoms with Crippen LogP contribution in [0.25, 0.3) is 10.9 Å². The highest BCUT2D eigenvalue weighted by molar-refractivity contribution is 6.06. The number of benzene rings is 2. The number of aromatic hydroxyl groups is 1. The Morgan fingerprint density at radius 3 is 2.59 bits per heavy atom. The molecule has 6 nitrogen and oxygen atoms in total. The molecule has 1 aromatic heterocycles. The number of aromatic nitrogens is 1. The number of hydrogen-bond acceptors (Lipinski definition) is 5. The van der Waals surface area contributed by atoms with Crippen molar-refractivity contribution in [3.8, 4) is 17.2 Å². The van der Waals surface area contributed by atoms with E-state index in [1.807, 2.05) is 35.8 Å². The van der Waals surface area contributed by atoms with Gasteiger partial charge in [-0.3, -0.25) is 0 Å². The van der Waals surface area contributed by atoms with Crippen molar-refractivity contribution in [3.63, 3.8) is 0 Å². The van der Waals surface area contributed by atoms with Crippen LogP contribution in [-0.4, -0.2) is 36.0 Å². The Labute approximate surface area is 157 Å². The minimum atomic E-state index is -0.394. The molecule has 3 aromatic rings. The number of para-hydroxylation sites is 2. The number of phenols is 1. The van der Waals surface area contributed by atoms with Gasteiger partial charge in [0.05, 0.1) is 25.8 Å². The molecule has 0 aliphatic heterocycles. The SMILES string of the molecule is CCOC(=O)c1c(C)n(CCOc2ccccc2OC)c2ccc(O)cc12. The molecule has 0 spiro atoms. The van der Waals surface area contributed by atoms with E-state index in [-0.39, 0.29) is 5.75 Å². The third kappa shape index (κ3) is 3.69. The first-order valence-corrected chi connectivity index (χ1v) is 8.81. The predicted molar refractivity (Wildman–Crippen MR) is 103 cm³/mol. The van der Waals surface area contributed by atoms with Gasteiger partial charge in [-0.05, 0) is 44.2 Å². The van der Waals surface area contributed by atoms with Crippen LogP contribution in [0, 0.1) is 6.92 Å². The first kappa shape index (κ1) is 18.6. The fourth-order valence-corrected chi connectivity index (χ4v) is 3.20. The van der Waals surface area contributed by atoms with Gasteiger partial charge in [0.25, 0.3) is 0 Å². The van der Waals surface area contributed by atoms with E-state index in [0.717, 1.165) is 11.2 Å². The summed E-state index contributed by atoms with van der Waals surface area (Å²) in [6, 6.07) is 12.4. The molecule has 0 amide bonds. The molecular weight excluding hydrogens is 346 g/mol. The molecule has 0 bridgehead atoms. The molecule has 0 saturated heterocycles. The van der Waals surface area contributed by atoms with Gasteiger partial charge in [-0.15, -0.1) is 0 Å². The largest absolute Gasteiger partial charge is 0.508 e. The van der Waals surface area contributed by atoms with Crippen LogP contribution in [0.2, 0.25) is 0 Å². The van der Waals surface area contributed by atoms with Gasteiger partial charge in [0.2, 0.25) is 0 Å². The summed E-state index contributed by atoms with van der Waals surface area (Å²) in [5.74, 6) is 1.05. The third-order valence-corrected chi connectivity index (χ3v) is 4.43. The van der Waals surface area contributed by atoms with Crippen molar-refractivity contribution in [3.05, 3.63) is 53.7 Å². The number of carbonyl (C=O) groups is 1. The van der Waals surface area contributed by atoms with Crippen LogP contribution in [0.3, 0.4) is 0 Å². The summed E-state index contributed by atoms with van der Waals surface area (Å²) in [4.78, 5) is 12.4. The van der Waals surface area contributed by atoms with Crippen LogP contribution < -0.4 is 9.47 Å². The molecule has 0 radical (unpaired) electrons. The highest BCUT2D eigenvalue weighted by Crippen LogP contribution is 2.30. The quantitative estimate of drug-likeness (QED) is 0.639. The van der Waals surface area contributed by atoms with Gasteiger partial charge in [0, 0.05) is 16.6 Å². The third-order valence-electron chi connectivity index (χ3n) is 4.43. The van der Waals surface area contributed by atoms with E-state index in [0.29, 0.717) is 42.2 Å². The Hall–Kier alpha value is -3.15. The summed E-state index contributed by atoms with van der Waals surface area (Å²) in [5.41, 5.74) is 2.09. The molecule has 0 atom stereocenters. The first-order chi connectivity index (χ1) is 13.1. The predicted octanol–water partition coefficient (Wildman–Crippen LogP) is 3.92. The summed E-state index contributed by atoms with van der Waals surface area (Å²) in [6.45, 7) is 4.86. The fraction of sp³-hybridized carbons (Fsp3) is 0.286. The van der Waals surface area contributed by atoms with E-state index >= 15 is 0 Å². The second-order valence-electron chi connectivity index (χ2n) is 6.03. The first-order valence-electron chi connectivity index (χ1n) is 8.81. The number of esters is 1. The monoisotopic (exact) mass is 369 g/mol. The van der Waals surface area contributed by atoms with Gasteiger partial charge >= 0.3 is 5.97 Å². The summed E-state index contributed by atoms with van der Waals surface area (Å²) >= 11 is 0. The maximum Gasteiger partial charge on any atom is 0.340 e. The van der Waals surface area contributed by atoms with Crippen LogP contribution in [-0.2, 0) is 11.3 Å². The Morgan fingerprint density at radius 2 is 1.89 bits per heavy atom. The van der Waals surface area contributed by atoms with Crippen LogP contribution in [0.15, 0.2) is 42.5 Å².